The summed E-state index contributed by atoms with van der Waals surface area (Å²) in [7, 11) is 1.47. The number of terminal acetylenes is 1. The molecule has 5 heteroatoms. The molecule has 1 rings (SSSR count). The van der Waals surface area contributed by atoms with E-state index in [9.17, 15) is 4.79 Å². The van der Waals surface area contributed by atoms with Gasteiger partial charge in [0.2, 0.25) is 0 Å². The zero-order valence-corrected chi connectivity index (χ0v) is 10.6. The number of methoxy groups -OCH3 is 1. The average molecular weight is 332 g/mol. The summed E-state index contributed by atoms with van der Waals surface area (Å²) in [5.41, 5.74) is 0.0407. The number of carbonyl (C=O) groups is 1. The normalized spacial score (nSPS) is 9.31. The quantitative estimate of drug-likeness (QED) is 0.677. The minimum atomic E-state index is -1.08. The van der Waals surface area contributed by atoms with Crippen molar-refractivity contribution in [3.05, 3.63) is 21.3 Å². The molecule has 0 saturated carbocycles. The van der Waals surface area contributed by atoms with Crippen molar-refractivity contribution in [1.29, 1.82) is 0 Å². The van der Waals surface area contributed by atoms with Gasteiger partial charge in [-0.2, -0.15) is 0 Å². The Morgan fingerprint density at radius 3 is 2.81 bits per heavy atom. The fraction of sp³-hybridized carbons (Fsp3) is 0.182. The first-order valence-electron chi connectivity index (χ1n) is 4.27. The molecular weight excluding hydrogens is 323 g/mol. The molecule has 1 N–H and O–H groups in total. The molecule has 16 heavy (non-hydrogen) atoms. The molecule has 0 bridgehead atoms. The summed E-state index contributed by atoms with van der Waals surface area (Å²) < 4.78 is 10.8. The third-order valence-electron chi connectivity index (χ3n) is 1.78. The minimum absolute atomic E-state index is 0.0304. The van der Waals surface area contributed by atoms with Gasteiger partial charge >= 0.3 is 5.97 Å². The third-order valence-corrected chi connectivity index (χ3v) is 2.58. The maximum absolute atomic E-state index is 11.0. The molecule has 0 fully saturated rings. The molecule has 84 valence electrons. The number of hydrogen-bond donors (Lipinski definition) is 1. The summed E-state index contributed by atoms with van der Waals surface area (Å²) >= 11 is 1.97. The van der Waals surface area contributed by atoms with Gasteiger partial charge in [0.05, 0.1) is 10.7 Å². The number of ether oxygens (including phenoxy) is 2. The number of benzene rings is 1. The van der Waals surface area contributed by atoms with Crippen molar-refractivity contribution in [2.24, 2.45) is 0 Å². The van der Waals surface area contributed by atoms with Crippen molar-refractivity contribution in [2.75, 3.05) is 13.7 Å². The molecular formula is C11H9IO4. The Morgan fingerprint density at radius 2 is 2.31 bits per heavy atom. The van der Waals surface area contributed by atoms with E-state index in [0.717, 1.165) is 0 Å². The van der Waals surface area contributed by atoms with Crippen molar-refractivity contribution < 1.29 is 19.4 Å². The van der Waals surface area contributed by atoms with Crippen LogP contribution in [-0.2, 0) is 0 Å². The summed E-state index contributed by atoms with van der Waals surface area (Å²) in [5, 5.41) is 9.02. The molecule has 0 heterocycles. The lowest BCUT2D eigenvalue weighted by molar-refractivity contribution is 0.0692. The number of hydrogen-bond acceptors (Lipinski definition) is 3. The van der Waals surface area contributed by atoms with Gasteiger partial charge in [-0.25, -0.2) is 4.79 Å². The molecule has 0 unspecified atom stereocenters. The Kier molecular flexibility index (Phi) is 4.43. The second-order valence-electron chi connectivity index (χ2n) is 2.78. The maximum Gasteiger partial charge on any atom is 0.339 e. The van der Waals surface area contributed by atoms with E-state index >= 15 is 0 Å². The monoisotopic (exact) mass is 332 g/mol. The van der Waals surface area contributed by atoms with Crippen molar-refractivity contribution in [3.8, 4) is 23.8 Å². The van der Waals surface area contributed by atoms with Crippen LogP contribution in [0.25, 0.3) is 0 Å². The van der Waals surface area contributed by atoms with Gasteiger partial charge in [-0.15, -0.1) is 6.42 Å². The number of carboxylic acid groups (broad SMARTS) is 1. The first-order chi connectivity index (χ1) is 7.60. The summed E-state index contributed by atoms with van der Waals surface area (Å²) in [4.78, 5) is 11.0. The number of rotatable bonds is 4. The van der Waals surface area contributed by atoms with E-state index in [1.807, 2.05) is 22.6 Å². The number of halogens is 1. The van der Waals surface area contributed by atoms with Crippen molar-refractivity contribution >= 4 is 28.6 Å². The van der Waals surface area contributed by atoms with E-state index in [2.05, 4.69) is 5.92 Å². The summed E-state index contributed by atoms with van der Waals surface area (Å²) in [6, 6.07) is 3.08. The topological polar surface area (TPSA) is 55.8 Å². The molecule has 1 aromatic rings. The molecule has 0 radical (unpaired) electrons. The first kappa shape index (κ1) is 12.6. The lowest BCUT2D eigenvalue weighted by Crippen LogP contribution is -2.05. The molecule has 4 nitrogen and oxygen atoms in total. The van der Waals surface area contributed by atoms with Crippen molar-refractivity contribution in [2.45, 2.75) is 0 Å². The highest BCUT2D eigenvalue weighted by atomic mass is 127. The van der Waals surface area contributed by atoms with Gasteiger partial charge in [-0.05, 0) is 34.7 Å². The molecule has 0 atom stereocenters. The van der Waals surface area contributed by atoms with Gasteiger partial charge in [0.15, 0.2) is 0 Å². The van der Waals surface area contributed by atoms with E-state index in [1.54, 1.807) is 6.07 Å². The van der Waals surface area contributed by atoms with Crippen molar-refractivity contribution in [1.82, 2.24) is 0 Å². The average Bonchev–Trinajstić information content (AvgIpc) is 2.26. The second kappa shape index (κ2) is 5.61. The predicted octanol–water partition coefficient (Wildman–Crippen LogP) is 2.01. The van der Waals surface area contributed by atoms with Crippen LogP contribution in [0.15, 0.2) is 12.1 Å². The van der Waals surface area contributed by atoms with Gasteiger partial charge in [0, 0.05) is 0 Å². The van der Waals surface area contributed by atoms with E-state index in [-0.39, 0.29) is 17.9 Å². The van der Waals surface area contributed by atoms with Gasteiger partial charge in [-0.3, -0.25) is 0 Å². The van der Waals surface area contributed by atoms with Crippen LogP contribution in [0.4, 0.5) is 0 Å². The van der Waals surface area contributed by atoms with Crippen LogP contribution in [0.1, 0.15) is 10.4 Å². The first-order valence-corrected chi connectivity index (χ1v) is 5.35. The molecule has 0 aliphatic carbocycles. The molecule has 0 aliphatic heterocycles. The van der Waals surface area contributed by atoms with Gasteiger partial charge in [0.1, 0.15) is 23.7 Å². The fourth-order valence-corrected chi connectivity index (χ4v) is 1.86. The summed E-state index contributed by atoms with van der Waals surface area (Å²) in [6.45, 7) is 0.0304. The van der Waals surface area contributed by atoms with Gasteiger partial charge in [0.25, 0.3) is 0 Å². The molecule has 0 aliphatic rings. The van der Waals surface area contributed by atoms with Crippen LogP contribution in [0.2, 0.25) is 0 Å². The van der Waals surface area contributed by atoms with E-state index in [1.165, 1.54) is 13.2 Å². The van der Waals surface area contributed by atoms with Crippen LogP contribution in [0.3, 0.4) is 0 Å². The Bertz CT molecular complexity index is 448. The van der Waals surface area contributed by atoms with E-state index in [4.69, 9.17) is 21.0 Å². The van der Waals surface area contributed by atoms with Gasteiger partial charge < -0.3 is 14.6 Å². The molecule has 0 saturated heterocycles. The highest BCUT2D eigenvalue weighted by Crippen LogP contribution is 2.30. The predicted molar refractivity (Wildman–Crippen MR) is 67.0 cm³/mol. The van der Waals surface area contributed by atoms with Crippen molar-refractivity contribution in [3.63, 3.8) is 0 Å². The SMILES string of the molecule is C#CCOc1c(I)cc(OC)cc1C(=O)O. The van der Waals surface area contributed by atoms with E-state index in [0.29, 0.717) is 9.32 Å². The highest BCUT2D eigenvalue weighted by molar-refractivity contribution is 14.1. The standard InChI is InChI=1S/C11H9IO4/c1-3-4-16-10-8(11(13)14)5-7(15-2)6-9(10)12/h1,5-6H,4H2,2H3,(H,13,14). The highest BCUT2D eigenvalue weighted by Gasteiger charge is 2.16. The molecule has 0 aromatic heterocycles. The molecule has 1 aromatic carbocycles. The number of carboxylic acids is 1. The Labute approximate surface area is 107 Å². The largest absolute Gasteiger partial charge is 0.497 e. The Balaban J connectivity index is 3.23. The minimum Gasteiger partial charge on any atom is -0.497 e. The zero-order valence-electron chi connectivity index (χ0n) is 8.49. The molecule has 0 amide bonds. The smallest absolute Gasteiger partial charge is 0.339 e. The maximum atomic E-state index is 11.0. The molecule has 0 spiro atoms. The van der Waals surface area contributed by atoms with Crippen LogP contribution >= 0.6 is 22.6 Å². The van der Waals surface area contributed by atoms with Crippen LogP contribution in [-0.4, -0.2) is 24.8 Å². The Morgan fingerprint density at radius 1 is 1.62 bits per heavy atom. The van der Waals surface area contributed by atoms with Gasteiger partial charge in [-0.1, -0.05) is 5.92 Å². The lowest BCUT2D eigenvalue weighted by Gasteiger charge is -2.10. The zero-order chi connectivity index (χ0) is 12.1. The van der Waals surface area contributed by atoms with E-state index < -0.39 is 5.97 Å². The van der Waals surface area contributed by atoms with Crippen LogP contribution in [0, 0.1) is 15.9 Å². The Hall–Kier alpha value is -1.42. The lowest BCUT2D eigenvalue weighted by atomic mass is 10.2. The third kappa shape index (κ3) is 2.79. The second-order valence-corrected chi connectivity index (χ2v) is 3.95. The summed E-state index contributed by atoms with van der Waals surface area (Å²) in [6.07, 6.45) is 5.06. The van der Waals surface area contributed by atoms with Crippen LogP contribution < -0.4 is 9.47 Å². The summed E-state index contributed by atoms with van der Waals surface area (Å²) in [5.74, 6) is 1.95. The fourth-order valence-electron chi connectivity index (χ4n) is 1.11. The van der Waals surface area contributed by atoms with Crippen LogP contribution in [0.5, 0.6) is 11.5 Å². The number of aromatic carboxylic acids is 1.